The zero-order chi connectivity index (χ0) is 14.7. The highest BCUT2D eigenvalue weighted by atomic mass is 16.5. The molecule has 20 heavy (non-hydrogen) atoms. The number of hydrogen-bond acceptors (Lipinski definition) is 5. The minimum atomic E-state index is -1.37. The number of ether oxygens (including phenoxy) is 2. The second kappa shape index (κ2) is 5.90. The van der Waals surface area contributed by atoms with Crippen LogP contribution in [0.2, 0.25) is 0 Å². The SMILES string of the molecule is COc1cc(/C=C/C2=CC(=O)[C@H](O)[C@H]2O)cc(OC)c1. The van der Waals surface area contributed by atoms with Crippen molar-refractivity contribution in [2.45, 2.75) is 12.2 Å². The number of methoxy groups -OCH3 is 2. The fourth-order valence-electron chi connectivity index (χ4n) is 1.94. The van der Waals surface area contributed by atoms with Crippen molar-refractivity contribution in [3.05, 3.63) is 41.5 Å². The van der Waals surface area contributed by atoms with Crippen LogP contribution in [0.3, 0.4) is 0 Å². The minimum absolute atomic E-state index is 0.379. The summed E-state index contributed by atoms with van der Waals surface area (Å²) in [7, 11) is 3.11. The third-order valence-electron chi connectivity index (χ3n) is 3.08. The molecule has 106 valence electrons. The predicted octanol–water partition coefficient (Wildman–Crippen LogP) is 0.948. The average Bonchev–Trinajstić information content (AvgIpc) is 2.71. The van der Waals surface area contributed by atoms with E-state index >= 15 is 0 Å². The Morgan fingerprint density at radius 1 is 1.00 bits per heavy atom. The standard InChI is InChI=1S/C15H16O5/c1-19-11-5-9(6-12(8-11)20-2)3-4-10-7-13(16)15(18)14(10)17/h3-8,14-15,17-18H,1-2H3/b4-3+/t14-,15-/m0/s1. The molecule has 2 rings (SSSR count). The van der Waals surface area contributed by atoms with Crippen LogP contribution >= 0.6 is 0 Å². The smallest absolute Gasteiger partial charge is 0.187 e. The highest BCUT2D eigenvalue weighted by molar-refractivity contribution is 5.98. The molecule has 0 radical (unpaired) electrons. The quantitative estimate of drug-likeness (QED) is 0.856. The molecule has 0 unspecified atom stereocenters. The Balaban J connectivity index is 2.24. The van der Waals surface area contributed by atoms with Crippen LogP contribution in [0.1, 0.15) is 5.56 Å². The van der Waals surface area contributed by atoms with Crippen LogP contribution in [-0.2, 0) is 4.79 Å². The van der Waals surface area contributed by atoms with Crippen LogP contribution in [0.25, 0.3) is 6.08 Å². The van der Waals surface area contributed by atoms with Gasteiger partial charge in [-0.25, -0.2) is 0 Å². The molecule has 1 aromatic carbocycles. The van der Waals surface area contributed by atoms with Crippen molar-refractivity contribution in [2.75, 3.05) is 14.2 Å². The van der Waals surface area contributed by atoms with Gasteiger partial charge in [-0.05, 0) is 29.3 Å². The average molecular weight is 276 g/mol. The third-order valence-corrected chi connectivity index (χ3v) is 3.08. The number of rotatable bonds is 4. The maximum atomic E-state index is 11.2. The van der Waals surface area contributed by atoms with Crippen LogP contribution < -0.4 is 9.47 Å². The largest absolute Gasteiger partial charge is 0.497 e. The molecule has 0 bridgehead atoms. The maximum absolute atomic E-state index is 11.2. The fraction of sp³-hybridized carbons (Fsp3) is 0.267. The molecule has 0 spiro atoms. The van der Waals surface area contributed by atoms with Gasteiger partial charge in [0.05, 0.1) is 14.2 Å². The van der Waals surface area contributed by atoms with Crippen LogP contribution in [-0.4, -0.2) is 42.4 Å². The molecule has 1 aromatic rings. The van der Waals surface area contributed by atoms with E-state index < -0.39 is 18.0 Å². The van der Waals surface area contributed by atoms with E-state index in [1.54, 1.807) is 44.6 Å². The Labute approximate surface area is 116 Å². The van der Waals surface area contributed by atoms with Crippen LogP contribution in [0.5, 0.6) is 11.5 Å². The van der Waals surface area contributed by atoms with Crippen molar-refractivity contribution in [1.29, 1.82) is 0 Å². The van der Waals surface area contributed by atoms with E-state index in [0.29, 0.717) is 17.1 Å². The second-order valence-corrected chi connectivity index (χ2v) is 4.42. The first-order chi connectivity index (χ1) is 9.55. The van der Waals surface area contributed by atoms with E-state index in [4.69, 9.17) is 9.47 Å². The van der Waals surface area contributed by atoms with Crippen molar-refractivity contribution in [1.82, 2.24) is 0 Å². The lowest BCUT2D eigenvalue weighted by atomic mass is 10.1. The van der Waals surface area contributed by atoms with E-state index in [1.807, 2.05) is 0 Å². The number of hydrogen-bond donors (Lipinski definition) is 2. The number of ketones is 1. The zero-order valence-electron chi connectivity index (χ0n) is 11.2. The highest BCUT2D eigenvalue weighted by Crippen LogP contribution is 2.25. The number of benzene rings is 1. The van der Waals surface area contributed by atoms with Gasteiger partial charge in [0, 0.05) is 6.07 Å². The van der Waals surface area contributed by atoms with E-state index in [9.17, 15) is 15.0 Å². The summed E-state index contributed by atoms with van der Waals surface area (Å²) in [6.07, 6.45) is 2.00. The third kappa shape index (κ3) is 2.89. The van der Waals surface area contributed by atoms with Gasteiger partial charge < -0.3 is 19.7 Å². The Kier molecular flexibility index (Phi) is 4.22. The zero-order valence-corrected chi connectivity index (χ0v) is 11.2. The van der Waals surface area contributed by atoms with Gasteiger partial charge in [0.25, 0.3) is 0 Å². The van der Waals surface area contributed by atoms with Gasteiger partial charge in [0.2, 0.25) is 0 Å². The summed E-state index contributed by atoms with van der Waals surface area (Å²) in [6, 6.07) is 5.33. The normalized spacial score (nSPS) is 22.2. The molecule has 0 amide bonds. The molecule has 0 saturated heterocycles. The predicted molar refractivity (Wildman–Crippen MR) is 73.7 cm³/mol. The van der Waals surface area contributed by atoms with Gasteiger partial charge in [0.15, 0.2) is 5.78 Å². The van der Waals surface area contributed by atoms with Crippen molar-refractivity contribution < 1.29 is 24.5 Å². The molecular weight excluding hydrogens is 260 g/mol. The Morgan fingerprint density at radius 3 is 2.05 bits per heavy atom. The van der Waals surface area contributed by atoms with Gasteiger partial charge in [0.1, 0.15) is 23.7 Å². The molecular formula is C15H16O5. The van der Waals surface area contributed by atoms with E-state index in [0.717, 1.165) is 5.56 Å². The van der Waals surface area contributed by atoms with Crippen molar-refractivity contribution >= 4 is 11.9 Å². The molecule has 0 fully saturated rings. The number of carbonyl (C=O) groups excluding carboxylic acids is 1. The Hall–Kier alpha value is -2.11. The molecule has 1 aliphatic carbocycles. The van der Waals surface area contributed by atoms with E-state index in [2.05, 4.69) is 0 Å². The van der Waals surface area contributed by atoms with Crippen molar-refractivity contribution in [3.63, 3.8) is 0 Å². The number of aliphatic hydroxyl groups excluding tert-OH is 2. The van der Waals surface area contributed by atoms with E-state index in [1.165, 1.54) is 6.08 Å². The molecule has 1 aliphatic rings. The van der Waals surface area contributed by atoms with Crippen LogP contribution in [0, 0.1) is 0 Å². The topological polar surface area (TPSA) is 76.0 Å². The summed E-state index contributed by atoms with van der Waals surface area (Å²) in [5.74, 6) is 0.794. The Morgan fingerprint density at radius 2 is 1.60 bits per heavy atom. The maximum Gasteiger partial charge on any atom is 0.187 e. The summed E-state index contributed by atoms with van der Waals surface area (Å²) in [4.78, 5) is 11.2. The van der Waals surface area contributed by atoms with Crippen molar-refractivity contribution in [2.24, 2.45) is 0 Å². The number of aliphatic hydroxyl groups is 2. The number of carbonyl (C=O) groups is 1. The van der Waals surface area contributed by atoms with Gasteiger partial charge in [-0.1, -0.05) is 12.2 Å². The summed E-state index contributed by atoms with van der Waals surface area (Å²) in [6.45, 7) is 0. The lowest BCUT2D eigenvalue weighted by molar-refractivity contribution is -0.124. The summed E-state index contributed by atoms with van der Waals surface area (Å²) >= 11 is 0. The monoisotopic (exact) mass is 276 g/mol. The van der Waals surface area contributed by atoms with E-state index in [-0.39, 0.29) is 0 Å². The van der Waals surface area contributed by atoms with Crippen LogP contribution in [0.15, 0.2) is 35.9 Å². The van der Waals surface area contributed by atoms with Gasteiger partial charge in [-0.3, -0.25) is 4.79 Å². The van der Waals surface area contributed by atoms with Crippen LogP contribution in [0.4, 0.5) is 0 Å². The summed E-state index contributed by atoms with van der Waals surface area (Å²) in [5.41, 5.74) is 1.17. The first-order valence-electron chi connectivity index (χ1n) is 6.08. The van der Waals surface area contributed by atoms with Crippen molar-refractivity contribution in [3.8, 4) is 11.5 Å². The second-order valence-electron chi connectivity index (χ2n) is 4.42. The van der Waals surface area contributed by atoms with Gasteiger partial charge in [-0.2, -0.15) is 0 Å². The van der Waals surface area contributed by atoms with Gasteiger partial charge in [-0.15, -0.1) is 0 Å². The first kappa shape index (κ1) is 14.3. The molecule has 5 nitrogen and oxygen atoms in total. The molecule has 0 aromatic heterocycles. The molecule has 0 aliphatic heterocycles. The minimum Gasteiger partial charge on any atom is -0.497 e. The Bertz CT molecular complexity index is 551. The fourth-order valence-corrected chi connectivity index (χ4v) is 1.94. The molecule has 2 N–H and O–H groups in total. The molecule has 2 atom stereocenters. The summed E-state index contributed by atoms with van der Waals surface area (Å²) < 4.78 is 10.3. The highest BCUT2D eigenvalue weighted by Gasteiger charge is 2.31. The summed E-state index contributed by atoms with van der Waals surface area (Å²) in [5, 5.41) is 19.0. The first-order valence-corrected chi connectivity index (χ1v) is 6.08. The molecule has 0 saturated carbocycles. The lowest BCUT2D eigenvalue weighted by Gasteiger charge is -2.08. The molecule has 5 heteroatoms. The lowest BCUT2D eigenvalue weighted by Crippen LogP contribution is -2.27. The molecule has 0 heterocycles. The van der Waals surface area contributed by atoms with Gasteiger partial charge >= 0.3 is 0 Å².